The number of amides is 2. The van der Waals surface area contributed by atoms with Crippen LogP contribution >= 0.6 is 0 Å². The topological polar surface area (TPSA) is 130 Å². The maximum atomic E-state index is 12.1. The first-order chi connectivity index (χ1) is 10.7. The average molecular weight is 322 g/mol. The summed E-state index contributed by atoms with van der Waals surface area (Å²) in [5, 5.41) is 18.7. The van der Waals surface area contributed by atoms with Gasteiger partial charge in [0.25, 0.3) is 0 Å². The molecule has 1 aliphatic heterocycles. The van der Waals surface area contributed by atoms with Crippen LogP contribution in [0.1, 0.15) is 25.3 Å². The summed E-state index contributed by atoms with van der Waals surface area (Å²) in [6.07, 6.45) is 0.272. The lowest BCUT2D eigenvalue weighted by atomic mass is 9.94. The summed E-state index contributed by atoms with van der Waals surface area (Å²) in [4.78, 5) is 35.8. The quantitative estimate of drug-likeness (QED) is 0.395. The van der Waals surface area contributed by atoms with E-state index >= 15 is 0 Å². The minimum absolute atomic E-state index is 0.0432. The minimum Gasteiger partial charge on any atom is -0.504 e. The number of hydrogen-bond acceptors (Lipinski definition) is 7. The fraction of sp³-hybridized carbons (Fsp3) is 0.400. The number of carbonyl (C=O) groups is 3. The van der Waals surface area contributed by atoms with Crippen molar-refractivity contribution in [3.63, 3.8) is 0 Å². The van der Waals surface area contributed by atoms with Crippen LogP contribution in [0, 0.1) is 0 Å². The molecule has 0 aromatic heterocycles. The van der Waals surface area contributed by atoms with Gasteiger partial charge in [0.15, 0.2) is 18.2 Å². The van der Waals surface area contributed by atoms with Crippen LogP contribution in [0.4, 0.5) is 0 Å². The molecule has 124 valence electrons. The highest BCUT2D eigenvalue weighted by Crippen LogP contribution is 2.26. The lowest BCUT2D eigenvalue weighted by Crippen LogP contribution is -2.49. The molecule has 1 aromatic rings. The zero-order chi connectivity index (χ0) is 17.2. The molecule has 0 saturated carbocycles. The molecular weight excluding hydrogens is 304 g/mol. The number of imide groups is 1. The molecule has 1 aliphatic rings. The van der Waals surface area contributed by atoms with Crippen molar-refractivity contribution >= 4 is 17.8 Å². The average Bonchev–Trinajstić information content (AvgIpc) is 2.79. The number of phenolic OH excluding ortho intramolecular Hbond substituents is 2. The van der Waals surface area contributed by atoms with Crippen molar-refractivity contribution < 1.29 is 29.3 Å². The molecule has 2 rings (SSSR count). The van der Waals surface area contributed by atoms with Crippen LogP contribution in [0.2, 0.25) is 0 Å². The second kappa shape index (κ2) is 6.25. The van der Waals surface area contributed by atoms with Crippen molar-refractivity contribution in [3.05, 3.63) is 23.8 Å². The van der Waals surface area contributed by atoms with E-state index in [1.165, 1.54) is 25.1 Å². The van der Waals surface area contributed by atoms with Gasteiger partial charge in [-0.3, -0.25) is 9.59 Å². The Hall–Kier alpha value is -2.61. The van der Waals surface area contributed by atoms with Gasteiger partial charge in [-0.25, -0.2) is 9.69 Å². The van der Waals surface area contributed by atoms with Crippen LogP contribution in [0.5, 0.6) is 11.5 Å². The Balaban J connectivity index is 1.98. The third kappa shape index (κ3) is 3.78. The monoisotopic (exact) mass is 322 g/mol. The number of esters is 1. The number of phenols is 2. The summed E-state index contributed by atoms with van der Waals surface area (Å²) in [5.41, 5.74) is 5.03. The van der Waals surface area contributed by atoms with Gasteiger partial charge in [-0.2, -0.15) is 0 Å². The second-order valence-corrected chi connectivity index (χ2v) is 5.69. The van der Waals surface area contributed by atoms with Gasteiger partial charge in [0.1, 0.15) is 5.54 Å². The Morgan fingerprint density at radius 3 is 2.43 bits per heavy atom. The molecule has 23 heavy (non-hydrogen) atoms. The van der Waals surface area contributed by atoms with Crippen LogP contribution in [0.15, 0.2) is 18.2 Å². The summed E-state index contributed by atoms with van der Waals surface area (Å²) in [5.74, 6) is -2.14. The fourth-order valence-corrected chi connectivity index (χ4v) is 2.23. The zero-order valence-electron chi connectivity index (χ0n) is 12.6. The van der Waals surface area contributed by atoms with E-state index in [0.29, 0.717) is 5.56 Å². The molecule has 0 bridgehead atoms. The summed E-state index contributed by atoms with van der Waals surface area (Å²) >= 11 is 0. The van der Waals surface area contributed by atoms with E-state index < -0.39 is 18.2 Å². The molecule has 0 aliphatic carbocycles. The third-order valence-corrected chi connectivity index (χ3v) is 3.56. The molecule has 2 amide bonds. The number of likely N-dealkylation sites (tertiary alicyclic amines) is 1. The van der Waals surface area contributed by atoms with E-state index in [1.807, 2.05) is 0 Å². The van der Waals surface area contributed by atoms with E-state index in [2.05, 4.69) is 0 Å². The van der Waals surface area contributed by atoms with Gasteiger partial charge in [-0.15, -0.1) is 0 Å². The Kier molecular flexibility index (Phi) is 4.55. The van der Waals surface area contributed by atoms with Crippen LogP contribution in [-0.4, -0.2) is 45.2 Å². The lowest BCUT2D eigenvalue weighted by Gasteiger charge is -2.24. The smallest absolute Gasteiger partial charge is 0.327 e. The maximum Gasteiger partial charge on any atom is 0.327 e. The summed E-state index contributed by atoms with van der Waals surface area (Å²) in [6.45, 7) is 0.983. The largest absolute Gasteiger partial charge is 0.504 e. The predicted molar refractivity (Wildman–Crippen MR) is 78.1 cm³/mol. The molecule has 8 heteroatoms. The van der Waals surface area contributed by atoms with Crippen molar-refractivity contribution in [2.45, 2.75) is 31.7 Å². The number of ether oxygens (including phenoxy) is 1. The molecule has 0 unspecified atom stereocenters. The van der Waals surface area contributed by atoms with Crippen LogP contribution in [-0.2, 0) is 25.5 Å². The normalized spacial score (nSPS) is 17.2. The molecule has 1 aromatic carbocycles. The summed E-state index contributed by atoms with van der Waals surface area (Å²) in [6, 6.07) is 4.09. The van der Waals surface area contributed by atoms with Gasteiger partial charge in [0.2, 0.25) is 11.8 Å². The number of aromatic hydroxyl groups is 2. The third-order valence-electron chi connectivity index (χ3n) is 3.56. The number of carbonyl (C=O) groups excluding carboxylic acids is 3. The highest BCUT2D eigenvalue weighted by atomic mass is 16.5. The molecule has 4 N–H and O–H groups in total. The Morgan fingerprint density at radius 1 is 1.26 bits per heavy atom. The summed E-state index contributed by atoms with van der Waals surface area (Å²) < 4.78 is 4.97. The van der Waals surface area contributed by atoms with Crippen LogP contribution in [0.3, 0.4) is 0 Å². The van der Waals surface area contributed by atoms with Gasteiger partial charge >= 0.3 is 5.97 Å². The molecule has 1 heterocycles. The first-order valence-corrected chi connectivity index (χ1v) is 7.01. The molecule has 0 spiro atoms. The SMILES string of the molecule is C[C@](N)(Cc1ccc(O)c(O)c1)C(=O)OCN1C(=O)CCC1=O. The minimum atomic E-state index is -1.42. The Labute approximate surface area is 132 Å². The molecule has 0 radical (unpaired) electrons. The first kappa shape index (κ1) is 16.8. The Morgan fingerprint density at radius 2 is 1.87 bits per heavy atom. The van der Waals surface area contributed by atoms with Gasteiger partial charge < -0.3 is 20.7 Å². The van der Waals surface area contributed by atoms with Crippen molar-refractivity contribution in [1.82, 2.24) is 4.90 Å². The summed E-state index contributed by atoms with van der Waals surface area (Å²) in [7, 11) is 0. The van der Waals surface area contributed by atoms with Gasteiger partial charge in [0.05, 0.1) is 0 Å². The van der Waals surface area contributed by atoms with E-state index in [-0.39, 0.29) is 42.6 Å². The zero-order valence-corrected chi connectivity index (χ0v) is 12.6. The van der Waals surface area contributed by atoms with Gasteiger partial charge in [0, 0.05) is 19.3 Å². The van der Waals surface area contributed by atoms with E-state index in [4.69, 9.17) is 10.5 Å². The molecular formula is C15H18N2O6. The van der Waals surface area contributed by atoms with Gasteiger partial charge in [-0.05, 0) is 24.6 Å². The number of nitrogens with zero attached hydrogens (tertiary/aromatic N) is 1. The molecule has 1 atom stereocenters. The standard InChI is InChI=1S/C15H18N2O6/c1-15(16,7-9-2-3-10(18)11(19)6-9)14(22)23-8-17-12(20)4-5-13(17)21/h2-3,6,18-19H,4-5,7-8,16H2,1H3/t15-/m0/s1. The molecule has 8 nitrogen and oxygen atoms in total. The predicted octanol–water partition coefficient (Wildman–Crippen LogP) is 0.00740. The van der Waals surface area contributed by atoms with E-state index in [9.17, 15) is 24.6 Å². The van der Waals surface area contributed by atoms with Crippen molar-refractivity contribution in [1.29, 1.82) is 0 Å². The fourth-order valence-electron chi connectivity index (χ4n) is 2.23. The number of nitrogens with two attached hydrogens (primary N) is 1. The van der Waals surface area contributed by atoms with Gasteiger partial charge in [-0.1, -0.05) is 6.07 Å². The molecule has 1 saturated heterocycles. The highest BCUT2D eigenvalue weighted by molar-refractivity contribution is 6.01. The molecule has 1 fully saturated rings. The van der Waals surface area contributed by atoms with Crippen molar-refractivity contribution in [2.24, 2.45) is 5.73 Å². The van der Waals surface area contributed by atoms with Crippen LogP contribution in [0.25, 0.3) is 0 Å². The maximum absolute atomic E-state index is 12.1. The first-order valence-electron chi connectivity index (χ1n) is 7.01. The number of benzene rings is 1. The highest BCUT2D eigenvalue weighted by Gasteiger charge is 2.34. The van der Waals surface area contributed by atoms with E-state index in [0.717, 1.165) is 4.90 Å². The number of rotatable bonds is 5. The van der Waals surface area contributed by atoms with E-state index in [1.54, 1.807) is 0 Å². The Bertz CT molecular complexity index is 639. The van der Waals surface area contributed by atoms with Crippen LogP contribution < -0.4 is 5.73 Å². The second-order valence-electron chi connectivity index (χ2n) is 5.69. The van der Waals surface area contributed by atoms with Crippen molar-refractivity contribution in [3.8, 4) is 11.5 Å². The number of hydrogen-bond donors (Lipinski definition) is 3. The lowest BCUT2D eigenvalue weighted by molar-refractivity contribution is -0.159. The van der Waals surface area contributed by atoms with Crippen molar-refractivity contribution in [2.75, 3.05) is 6.73 Å².